The van der Waals surface area contributed by atoms with E-state index >= 15 is 0 Å². The lowest BCUT2D eigenvalue weighted by atomic mass is 10.2. The number of hydrogen-bond acceptors (Lipinski definition) is 1. The van der Waals surface area contributed by atoms with Crippen molar-refractivity contribution in [3.05, 3.63) is 79.6 Å². The topological polar surface area (TPSA) is 3.24 Å². The first-order chi connectivity index (χ1) is 8.83. The van der Waals surface area contributed by atoms with Crippen LogP contribution in [0.25, 0.3) is 0 Å². The molecule has 0 amide bonds. The molecule has 0 atom stereocenters. The molecular formula is C17H21N. The van der Waals surface area contributed by atoms with Crippen molar-refractivity contribution in [2.24, 2.45) is 0 Å². The molecule has 94 valence electrons. The zero-order chi connectivity index (χ0) is 13.2. The van der Waals surface area contributed by atoms with Gasteiger partial charge in [-0.2, -0.15) is 0 Å². The second-order valence-electron chi connectivity index (χ2n) is 3.87. The Hall–Kier alpha value is -2.02. The van der Waals surface area contributed by atoms with Gasteiger partial charge in [0.25, 0.3) is 0 Å². The molecule has 18 heavy (non-hydrogen) atoms. The molecule has 0 bridgehead atoms. The van der Waals surface area contributed by atoms with Crippen LogP contribution in [-0.2, 0) is 0 Å². The van der Waals surface area contributed by atoms with Gasteiger partial charge in [-0.05, 0) is 30.7 Å². The fourth-order valence-corrected chi connectivity index (χ4v) is 1.67. The Bertz CT molecular complexity index is 426. The smallest absolute Gasteiger partial charge is 0.0413 e. The molecule has 0 spiro atoms. The largest absolute Gasteiger partial charge is 0.338 e. The molecule has 1 aromatic carbocycles. The van der Waals surface area contributed by atoms with Gasteiger partial charge >= 0.3 is 0 Å². The van der Waals surface area contributed by atoms with Crippen molar-refractivity contribution in [2.45, 2.75) is 13.3 Å². The molecule has 1 heteroatoms. The standard InChI is InChI=1S/C17H21N/c1-4-7-9-12-16(6-3)18(15-5-2)17-13-10-8-11-14-17/h5-14H,2-4,15H2,1H3/b9-7-,16-12+. The van der Waals surface area contributed by atoms with Crippen LogP contribution in [0, 0.1) is 0 Å². The molecule has 0 saturated heterocycles. The first-order valence-electron chi connectivity index (χ1n) is 6.26. The summed E-state index contributed by atoms with van der Waals surface area (Å²) in [6.07, 6.45) is 11.1. The Morgan fingerprint density at radius 2 is 1.94 bits per heavy atom. The Morgan fingerprint density at radius 3 is 2.50 bits per heavy atom. The molecule has 0 saturated carbocycles. The van der Waals surface area contributed by atoms with Crippen molar-refractivity contribution < 1.29 is 0 Å². The fourth-order valence-electron chi connectivity index (χ4n) is 1.67. The number of nitrogens with zero attached hydrogens (tertiary/aromatic N) is 1. The van der Waals surface area contributed by atoms with Gasteiger partial charge in [0.15, 0.2) is 0 Å². The van der Waals surface area contributed by atoms with Gasteiger partial charge in [0.2, 0.25) is 0 Å². The minimum atomic E-state index is 0.766. The SMILES string of the molecule is C=CCN(/C(C=C)=C/C=C\CC)c1ccccc1. The highest BCUT2D eigenvalue weighted by atomic mass is 15.1. The highest BCUT2D eigenvalue weighted by molar-refractivity contribution is 5.55. The van der Waals surface area contributed by atoms with Crippen LogP contribution in [0.1, 0.15) is 13.3 Å². The monoisotopic (exact) mass is 239 g/mol. The maximum atomic E-state index is 3.89. The van der Waals surface area contributed by atoms with Crippen molar-refractivity contribution in [2.75, 3.05) is 11.4 Å². The maximum Gasteiger partial charge on any atom is 0.0413 e. The van der Waals surface area contributed by atoms with E-state index in [1.54, 1.807) is 0 Å². The molecule has 0 radical (unpaired) electrons. The van der Waals surface area contributed by atoms with Gasteiger partial charge in [0.1, 0.15) is 0 Å². The van der Waals surface area contributed by atoms with Gasteiger partial charge in [-0.1, -0.05) is 49.9 Å². The summed E-state index contributed by atoms with van der Waals surface area (Å²) >= 11 is 0. The molecule has 0 aromatic heterocycles. The molecule has 0 aliphatic heterocycles. The lowest BCUT2D eigenvalue weighted by Crippen LogP contribution is -2.21. The number of para-hydroxylation sites is 1. The summed E-state index contributed by atoms with van der Waals surface area (Å²) in [5.41, 5.74) is 2.22. The van der Waals surface area contributed by atoms with Crippen molar-refractivity contribution in [3.63, 3.8) is 0 Å². The van der Waals surface area contributed by atoms with E-state index in [1.807, 2.05) is 30.4 Å². The van der Waals surface area contributed by atoms with Crippen molar-refractivity contribution in [1.82, 2.24) is 0 Å². The van der Waals surface area contributed by atoms with Crippen LogP contribution in [0.2, 0.25) is 0 Å². The Kier molecular flexibility index (Phi) is 6.34. The molecule has 0 heterocycles. The summed E-state index contributed by atoms with van der Waals surface area (Å²) in [6.45, 7) is 10.6. The summed E-state index contributed by atoms with van der Waals surface area (Å²) in [7, 11) is 0. The van der Waals surface area contributed by atoms with Gasteiger partial charge in [0.05, 0.1) is 0 Å². The quantitative estimate of drug-likeness (QED) is 0.492. The third kappa shape index (κ3) is 4.10. The number of rotatable bonds is 7. The van der Waals surface area contributed by atoms with E-state index in [2.05, 4.69) is 55.3 Å². The number of anilines is 1. The summed E-state index contributed by atoms with van der Waals surface area (Å²) in [4.78, 5) is 2.18. The number of hydrogen-bond donors (Lipinski definition) is 0. The van der Waals surface area contributed by atoms with E-state index in [0.29, 0.717) is 0 Å². The Morgan fingerprint density at radius 1 is 1.22 bits per heavy atom. The van der Waals surface area contributed by atoms with E-state index in [-0.39, 0.29) is 0 Å². The molecule has 0 fully saturated rings. The molecule has 0 aliphatic carbocycles. The summed E-state index contributed by atoms with van der Waals surface area (Å²) in [5.74, 6) is 0. The van der Waals surface area contributed by atoms with Gasteiger partial charge in [-0.3, -0.25) is 0 Å². The molecule has 0 aliphatic rings. The molecule has 1 nitrogen and oxygen atoms in total. The van der Waals surface area contributed by atoms with E-state index in [4.69, 9.17) is 0 Å². The van der Waals surface area contributed by atoms with Crippen molar-refractivity contribution >= 4 is 5.69 Å². The summed E-state index contributed by atoms with van der Waals surface area (Å²) in [6, 6.07) is 10.3. The summed E-state index contributed by atoms with van der Waals surface area (Å²) in [5, 5.41) is 0. The highest BCUT2D eigenvalue weighted by Crippen LogP contribution is 2.19. The lowest BCUT2D eigenvalue weighted by molar-refractivity contribution is 1.04. The van der Waals surface area contributed by atoms with Crippen LogP contribution in [0.5, 0.6) is 0 Å². The van der Waals surface area contributed by atoms with Crippen LogP contribution < -0.4 is 4.90 Å². The van der Waals surface area contributed by atoms with E-state index < -0.39 is 0 Å². The first kappa shape index (κ1) is 14.0. The van der Waals surface area contributed by atoms with Crippen LogP contribution in [-0.4, -0.2) is 6.54 Å². The minimum absolute atomic E-state index is 0.766. The van der Waals surface area contributed by atoms with Crippen LogP contribution in [0.15, 0.2) is 79.6 Å². The maximum absolute atomic E-state index is 3.89. The highest BCUT2D eigenvalue weighted by Gasteiger charge is 2.06. The van der Waals surface area contributed by atoms with E-state index in [0.717, 1.165) is 24.4 Å². The normalized spacial score (nSPS) is 11.5. The molecule has 0 unspecified atom stereocenters. The van der Waals surface area contributed by atoms with Gasteiger partial charge in [0, 0.05) is 17.9 Å². The lowest BCUT2D eigenvalue weighted by Gasteiger charge is -2.24. The van der Waals surface area contributed by atoms with Crippen LogP contribution in [0.4, 0.5) is 5.69 Å². The zero-order valence-corrected chi connectivity index (χ0v) is 11.0. The number of allylic oxidation sites excluding steroid dienone is 4. The van der Waals surface area contributed by atoms with Crippen molar-refractivity contribution in [1.29, 1.82) is 0 Å². The third-order valence-corrected chi connectivity index (χ3v) is 2.54. The van der Waals surface area contributed by atoms with E-state index in [9.17, 15) is 0 Å². The Balaban J connectivity index is 3.02. The van der Waals surface area contributed by atoms with Crippen molar-refractivity contribution in [3.8, 4) is 0 Å². The predicted octanol–water partition coefficient (Wildman–Crippen LogP) is 4.72. The predicted molar refractivity (Wildman–Crippen MR) is 81.7 cm³/mol. The molecule has 1 aromatic rings. The Labute approximate surface area is 110 Å². The van der Waals surface area contributed by atoms with Crippen LogP contribution in [0.3, 0.4) is 0 Å². The second kappa shape index (κ2) is 8.13. The average molecular weight is 239 g/mol. The first-order valence-corrected chi connectivity index (χ1v) is 6.26. The van der Waals surface area contributed by atoms with Gasteiger partial charge in [-0.25, -0.2) is 0 Å². The molecule has 0 N–H and O–H groups in total. The van der Waals surface area contributed by atoms with E-state index in [1.165, 1.54) is 0 Å². The minimum Gasteiger partial charge on any atom is -0.338 e. The average Bonchev–Trinajstić information content (AvgIpc) is 2.43. The second-order valence-corrected chi connectivity index (χ2v) is 3.87. The molecular weight excluding hydrogens is 218 g/mol. The third-order valence-electron chi connectivity index (χ3n) is 2.54. The summed E-state index contributed by atoms with van der Waals surface area (Å²) < 4.78 is 0. The van der Waals surface area contributed by atoms with Gasteiger partial charge in [-0.15, -0.1) is 6.58 Å². The fraction of sp³-hybridized carbons (Fsp3) is 0.176. The van der Waals surface area contributed by atoms with Crippen LogP contribution >= 0.6 is 0 Å². The number of benzene rings is 1. The van der Waals surface area contributed by atoms with Gasteiger partial charge < -0.3 is 4.90 Å². The zero-order valence-electron chi connectivity index (χ0n) is 11.0. The molecule has 1 rings (SSSR count).